The zero-order chi connectivity index (χ0) is 48.6. The summed E-state index contributed by atoms with van der Waals surface area (Å²) in [7, 11) is 0. The molecule has 0 bridgehead atoms. The van der Waals surface area contributed by atoms with Crippen LogP contribution in [-0.2, 0) is 0 Å². The molecule has 0 saturated carbocycles. The zero-order valence-electron chi connectivity index (χ0n) is 40.3. The Balaban J connectivity index is 0.797. The predicted molar refractivity (Wildman–Crippen MR) is 305 cm³/mol. The number of furan rings is 1. The fourth-order valence-corrected chi connectivity index (χ4v) is 16.7. The Morgan fingerprint density at radius 3 is 1.25 bits per heavy atom. The van der Waals surface area contributed by atoms with Gasteiger partial charge in [-0.3, -0.25) is 0 Å². The molecule has 7 heterocycles. The summed E-state index contributed by atoms with van der Waals surface area (Å²) >= 11 is 7.53. The lowest BCUT2D eigenvalue weighted by Crippen LogP contribution is -2.58. The van der Waals surface area contributed by atoms with Gasteiger partial charge in [0.2, 0.25) is 13.4 Å². The fraction of sp³-hybridized carbons (Fsp3) is 0.0645. The molecular weight excluding hydrogens is 967 g/mol. The number of hydrogen-bond acceptors (Lipinski definition) is 7. The van der Waals surface area contributed by atoms with E-state index >= 15 is 0 Å². The molecule has 73 heavy (non-hydrogen) atoms. The highest BCUT2D eigenvalue weighted by atomic mass is 32.2. The van der Waals surface area contributed by atoms with Gasteiger partial charge in [-0.05, 0) is 134 Å². The van der Waals surface area contributed by atoms with Crippen LogP contribution in [0.15, 0.2) is 226 Å². The van der Waals surface area contributed by atoms with Crippen molar-refractivity contribution in [1.29, 1.82) is 0 Å². The van der Waals surface area contributed by atoms with E-state index in [9.17, 15) is 0 Å². The molecule has 0 amide bonds. The van der Waals surface area contributed by atoms with Crippen molar-refractivity contribution in [1.82, 2.24) is 19.6 Å². The monoisotopic (exact) mass is 1010 g/mol. The minimum absolute atomic E-state index is 0.0636. The van der Waals surface area contributed by atoms with Crippen molar-refractivity contribution in [2.24, 2.45) is 0 Å². The van der Waals surface area contributed by atoms with Gasteiger partial charge in [-0.15, -0.1) is 0 Å². The summed E-state index contributed by atoms with van der Waals surface area (Å²) in [5, 5.41) is 10.3. The molecule has 0 spiro atoms. The van der Waals surface area contributed by atoms with Gasteiger partial charge in [0.05, 0.1) is 29.0 Å². The minimum atomic E-state index is 0.0636. The van der Waals surface area contributed by atoms with Crippen LogP contribution in [0.25, 0.3) is 56.1 Å². The van der Waals surface area contributed by atoms with Gasteiger partial charge in [0.1, 0.15) is 5.76 Å². The van der Waals surface area contributed by atoms with E-state index in [4.69, 9.17) is 14.6 Å². The highest BCUT2D eigenvalue weighted by Gasteiger charge is 2.40. The van der Waals surface area contributed by atoms with Crippen LogP contribution in [0.1, 0.15) is 22.8 Å². The van der Waals surface area contributed by atoms with Crippen molar-refractivity contribution in [2.75, 3.05) is 0 Å². The number of fused-ring (bicyclic) bond motifs is 8. The molecule has 4 aliphatic heterocycles. The number of aromatic nitrogens is 4. The van der Waals surface area contributed by atoms with Crippen molar-refractivity contribution in [3.8, 4) is 56.1 Å². The van der Waals surface area contributed by atoms with Gasteiger partial charge in [0.25, 0.3) is 0 Å². The van der Waals surface area contributed by atoms with E-state index in [0.717, 1.165) is 56.6 Å². The van der Waals surface area contributed by atoms with Crippen molar-refractivity contribution in [3.63, 3.8) is 0 Å². The van der Waals surface area contributed by atoms with Crippen LogP contribution in [0.5, 0.6) is 0 Å². The second-order valence-electron chi connectivity index (χ2n) is 19.4. The van der Waals surface area contributed by atoms with Crippen LogP contribution in [0.4, 0.5) is 0 Å². The van der Waals surface area contributed by atoms with Crippen molar-refractivity contribution < 1.29 is 4.42 Å². The third-order valence-corrected chi connectivity index (χ3v) is 19.8. The smallest absolute Gasteiger partial charge is 0.247 e. The van der Waals surface area contributed by atoms with Crippen molar-refractivity contribution in [3.05, 3.63) is 205 Å². The van der Waals surface area contributed by atoms with Crippen LogP contribution in [-0.4, -0.2) is 33.0 Å². The Morgan fingerprint density at radius 1 is 0.370 bits per heavy atom. The second-order valence-corrected chi connectivity index (χ2v) is 23.7. The van der Waals surface area contributed by atoms with Gasteiger partial charge in [-0.2, -0.15) is 10.2 Å². The Labute approximate surface area is 442 Å². The lowest BCUT2D eigenvalue weighted by atomic mass is 9.36. The first-order valence-electron chi connectivity index (χ1n) is 24.7. The third-order valence-electron chi connectivity index (χ3n) is 15.2. The Bertz CT molecular complexity index is 3830. The van der Waals surface area contributed by atoms with Gasteiger partial charge < -0.3 is 4.42 Å². The van der Waals surface area contributed by atoms with Gasteiger partial charge >= 0.3 is 0 Å². The molecule has 0 aliphatic carbocycles. The second kappa shape index (κ2) is 16.8. The average molecular weight is 1010 g/mol. The first-order chi connectivity index (χ1) is 35.8. The summed E-state index contributed by atoms with van der Waals surface area (Å²) < 4.78 is 10.9. The van der Waals surface area contributed by atoms with E-state index in [-0.39, 0.29) is 13.4 Å². The van der Waals surface area contributed by atoms with Crippen LogP contribution in [0.2, 0.25) is 0 Å². The Hall–Kier alpha value is -7.01. The summed E-state index contributed by atoms with van der Waals surface area (Å²) in [5.41, 5.74) is 22.6. The lowest BCUT2D eigenvalue weighted by molar-refractivity contribution is 0.583. The van der Waals surface area contributed by atoms with Gasteiger partial charge in [0, 0.05) is 72.8 Å². The predicted octanol–water partition coefficient (Wildman–Crippen LogP) is 12.4. The number of benzene rings is 8. The maximum Gasteiger partial charge on any atom is 0.247 e. The number of aryl methyl sites for hydroxylation is 2. The molecule has 0 saturated heterocycles. The van der Waals surface area contributed by atoms with E-state index < -0.39 is 0 Å². The number of rotatable bonds is 6. The third kappa shape index (κ3) is 6.85. The van der Waals surface area contributed by atoms with Crippen molar-refractivity contribution >= 4 is 93.2 Å². The molecule has 0 fully saturated rings. The molecular formula is C62H42B2N4OS4. The molecule has 11 aromatic rings. The Morgan fingerprint density at radius 2 is 0.781 bits per heavy atom. The minimum Gasteiger partial charge on any atom is -0.464 e. The molecule has 0 atom stereocenters. The van der Waals surface area contributed by atoms with Gasteiger partial charge in [0.15, 0.2) is 0 Å². The van der Waals surface area contributed by atoms with Gasteiger partial charge in [-0.25, -0.2) is 9.36 Å². The fourth-order valence-electron chi connectivity index (χ4n) is 11.9. The first kappa shape index (κ1) is 43.6. The lowest BCUT2D eigenvalue weighted by Gasteiger charge is -2.33. The highest BCUT2D eigenvalue weighted by Crippen LogP contribution is 2.43. The quantitative estimate of drug-likeness (QED) is 0.154. The molecule has 5 nitrogen and oxygen atoms in total. The Kier molecular flexibility index (Phi) is 10.0. The van der Waals surface area contributed by atoms with E-state index in [0.29, 0.717) is 0 Å². The molecule has 346 valence electrons. The number of hydrogen-bond donors (Lipinski definition) is 0. The van der Waals surface area contributed by atoms with Gasteiger partial charge in [-0.1, -0.05) is 166 Å². The average Bonchev–Trinajstić information content (AvgIpc) is 4.13. The normalized spacial score (nSPS) is 13.5. The van der Waals surface area contributed by atoms with Crippen molar-refractivity contribution in [2.45, 2.75) is 66.9 Å². The molecule has 11 heteroatoms. The maximum atomic E-state index is 6.60. The van der Waals surface area contributed by atoms with Crippen LogP contribution in [0.3, 0.4) is 0 Å². The summed E-state index contributed by atoms with van der Waals surface area (Å²) in [6.45, 7) is 8.75. The molecule has 0 radical (unpaired) electrons. The standard InChI is InChI=1S/C62H42B2N4OS4/c1-35-59(39-13-7-5-8-14-39)37(3)67(65-35)44-23-27-53-48(32-44)63-46-29-41(21-25-51(46)70-55-17-11-19-57(72-53)61(55)63)43-31-50(69-34-43)42-22-26-52-47(30-42)64-49-33-45(24-28-54(49)73-58-20-12-18-56(71-52)62(58)64)68-38(4)60(36(2)66-68)40-15-9-6-10-16-40/h5-34H,1-4H3. The SMILES string of the molecule is Cc1nn(-c2ccc3c(c2)B2c4cc(-c5coc(-c6ccc7c(c6)B6c8cc(-n9nc(C)c(-c%10ccccc%10)c9C)ccc8Sc8cccc(c86)S7)c5)ccc4Sc4cccc(c42)S3)c(C)c1-c1ccccc1. The van der Waals surface area contributed by atoms with Crippen LogP contribution in [0, 0.1) is 27.7 Å². The molecule has 15 rings (SSSR count). The first-order valence-corrected chi connectivity index (χ1v) is 27.9. The molecule has 0 N–H and O–H groups in total. The van der Waals surface area contributed by atoms with Crippen LogP contribution >= 0.6 is 47.0 Å². The summed E-state index contributed by atoms with van der Waals surface area (Å²) in [6.07, 6.45) is 1.95. The largest absolute Gasteiger partial charge is 0.464 e. The summed E-state index contributed by atoms with van der Waals surface area (Å²) in [6, 6.07) is 64.9. The highest BCUT2D eigenvalue weighted by molar-refractivity contribution is 8.02. The molecule has 0 unspecified atom stereocenters. The summed E-state index contributed by atoms with van der Waals surface area (Å²) in [5.74, 6) is 0.862. The summed E-state index contributed by atoms with van der Waals surface area (Å²) in [4.78, 5) is 10.4. The molecule has 8 aromatic carbocycles. The van der Waals surface area contributed by atoms with E-state index in [1.54, 1.807) is 0 Å². The van der Waals surface area contributed by atoms with E-state index in [2.05, 4.69) is 213 Å². The number of nitrogens with zero attached hydrogens (tertiary/aromatic N) is 4. The van der Waals surface area contributed by atoms with E-state index in [1.807, 2.05) is 53.3 Å². The van der Waals surface area contributed by atoms with E-state index in [1.165, 1.54) is 94.2 Å². The van der Waals surface area contributed by atoms with Crippen LogP contribution < -0.4 is 32.8 Å². The topological polar surface area (TPSA) is 48.8 Å². The zero-order valence-corrected chi connectivity index (χ0v) is 43.6. The maximum absolute atomic E-state index is 6.60. The molecule has 4 aliphatic rings. The molecule has 3 aromatic heterocycles.